The zero-order valence-electron chi connectivity index (χ0n) is 11.1. The summed E-state index contributed by atoms with van der Waals surface area (Å²) in [6.45, 7) is 0. The van der Waals surface area contributed by atoms with Gasteiger partial charge in [-0.05, 0) is 18.6 Å². The second-order valence-electron chi connectivity index (χ2n) is 4.34. The van der Waals surface area contributed by atoms with E-state index in [1.807, 2.05) is 29.6 Å². The van der Waals surface area contributed by atoms with Crippen LogP contribution in [0.5, 0.6) is 5.75 Å². The second-order valence-corrected chi connectivity index (χ2v) is 5.28. The first-order valence-electron chi connectivity index (χ1n) is 6.17. The number of nitrogens with zero attached hydrogens (tertiary/aromatic N) is 1. The summed E-state index contributed by atoms with van der Waals surface area (Å²) in [5, 5.41) is 11.6. The van der Waals surface area contributed by atoms with E-state index in [1.165, 1.54) is 11.3 Å². The molecule has 1 aromatic heterocycles. The van der Waals surface area contributed by atoms with E-state index in [9.17, 15) is 4.79 Å². The van der Waals surface area contributed by atoms with Crippen LogP contribution in [0.15, 0.2) is 29.6 Å². The summed E-state index contributed by atoms with van der Waals surface area (Å²) in [6.07, 6.45) is 0.961. The van der Waals surface area contributed by atoms with Crippen molar-refractivity contribution in [1.82, 2.24) is 4.98 Å². The van der Waals surface area contributed by atoms with Crippen LogP contribution in [0.2, 0.25) is 0 Å². The highest BCUT2D eigenvalue weighted by Crippen LogP contribution is 2.25. The van der Waals surface area contributed by atoms with Crippen molar-refractivity contribution in [3.05, 3.63) is 34.7 Å². The molecule has 0 amide bonds. The molecular formula is C14H16N2O3S. The Morgan fingerprint density at radius 2 is 2.35 bits per heavy atom. The lowest BCUT2D eigenvalue weighted by Crippen LogP contribution is -2.30. The number of rotatable bonds is 6. The number of aryl methyl sites for hydroxylation is 1. The van der Waals surface area contributed by atoms with Crippen LogP contribution in [0.1, 0.15) is 11.4 Å². The van der Waals surface area contributed by atoms with E-state index >= 15 is 0 Å². The van der Waals surface area contributed by atoms with Crippen LogP contribution in [0.3, 0.4) is 0 Å². The van der Waals surface area contributed by atoms with Crippen molar-refractivity contribution in [3.8, 4) is 17.0 Å². The average molecular weight is 292 g/mol. The van der Waals surface area contributed by atoms with Crippen molar-refractivity contribution < 1.29 is 14.6 Å². The van der Waals surface area contributed by atoms with Gasteiger partial charge in [0.25, 0.3) is 0 Å². The minimum Gasteiger partial charge on any atom is -0.497 e. The van der Waals surface area contributed by atoms with Gasteiger partial charge in [-0.15, -0.1) is 11.3 Å². The molecule has 0 aliphatic carbocycles. The van der Waals surface area contributed by atoms with Crippen LogP contribution in [0, 0.1) is 0 Å². The van der Waals surface area contributed by atoms with Crippen molar-refractivity contribution in [2.24, 2.45) is 5.73 Å². The Bertz CT molecular complexity index is 598. The maximum atomic E-state index is 10.7. The third-order valence-corrected chi connectivity index (χ3v) is 3.81. The largest absolute Gasteiger partial charge is 0.497 e. The molecule has 6 heteroatoms. The Morgan fingerprint density at radius 1 is 1.55 bits per heavy atom. The summed E-state index contributed by atoms with van der Waals surface area (Å²) in [7, 11) is 1.62. The number of hydrogen-bond donors (Lipinski definition) is 2. The zero-order chi connectivity index (χ0) is 14.5. The fraction of sp³-hybridized carbons (Fsp3) is 0.286. The number of carboxylic acids is 1. The van der Waals surface area contributed by atoms with E-state index in [2.05, 4.69) is 4.98 Å². The minimum atomic E-state index is -0.977. The van der Waals surface area contributed by atoms with Gasteiger partial charge in [0.15, 0.2) is 0 Å². The molecule has 0 radical (unpaired) electrons. The van der Waals surface area contributed by atoms with E-state index in [0.29, 0.717) is 12.8 Å². The predicted molar refractivity (Wildman–Crippen MR) is 78.0 cm³/mol. The number of aliphatic carboxylic acids is 1. The highest BCUT2D eigenvalue weighted by molar-refractivity contribution is 7.09. The second kappa shape index (κ2) is 6.49. The molecule has 0 saturated carbocycles. The van der Waals surface area contributed by atoms with Crippen molar-refractivity contribution in [2.45, 2.75) is 18.9 Å². The number of methoxy groups -OCH3 is 1. The molecule has 3 N–H and O–H groups in total. The molecule has 0 saturated heterocycles. The number of aromatic nitrogens is 1. The van der Waals surface area contributed by atoms with Gasteiger partial charge in [0.1, 0.15) is 11.8 Å². The molecule has 1 aromatic carbocycles. The molecule has 0 bridgehead atoms. The Hall–Kier alpha value is -1.92. The van der Waals surface area contributed by atoms with Crippen LogP contribution in [0.4, 0.5) is 0 Å². The van der Waals surface area contributed by atoms with Crippen LogP contribution in [0.25, 0.3) is 11.3 Å². The topological polar surface area (TPSA) is 85.4 Å². The van der Waals surface area contributed by atoms with Gasteiger partial charge in [-0.3, -0.25) is 4.79 Å². The molecule has 2 rings (SSSR count). The standard InChI is InChI=1S/C14H16N2O3S/c1-19-10-4-2-3-9(7-10)12-8-20-13(16-12)6-5-11(15)14(17)18/h2-4,7-8,11H,5-6,15H2,1H3,(H,17,18). The first kappa shape index (κ1) is 14.5. The van der Waals surface area contributed by atoms with Crippen LogP contribution >= 0.6 is 11.3 Å². The predicted octanol–water partition coefficient (Wildman–Crippen LogP) is 2.16. The first-order chi connectivity index (χ1) is 9.60. The van der Waals surface area contributed by atoms with E-state index in [0.717, 1.165) is 22.0 Å². The first-order valence-corrected chi connectivity index (χ1v) is 7.05. The Kier molecular flexibility index (Phi) is 4.70. The van der Waals surface area contributed by atoms with E-state index < -0.39 is 12.0 Å². The number of carbonyl (C=O) groups is 1. The van der Waals surface area contributed by atoms with Crippen molar-refractivity contribution in [1.29, 1.82) is 0 Å². The van der Waals surface area contributed by atoms with Crippen molar-refractivity contribution in [3.63, 3.8) is 0 Å². The van der Waals surface area contributed by atoms with E-state index in [1.54, 1.807) is 7.11 Å². The Morgan fingerprint density at radius 3 is 3.05 bits per heavy atom. The van der Waals surface area contributed by atoms with E-state index in [-0.39, 0.29) is 0 Å². The van der Waals surface area contributed by atoms with E-state index in [4.69, 9.17) is 15.6 Å². The van der Waals surface area contributed by atoms with Gasteiger partial charge in [-0.1, -0.05) is 12.1 Å². The van der Waals surface area contributed by atoms with Gasteiger partial charge in [0, 0.05) is 17.4 Å². The Balaban J connectivity index is 2.06. The minimum absolute atomic E-state index is 0.389. The molecule has 0 aliphatic rings. The maximum absolute atomic E-state index is 10.7. The molecule has 0 aliphatic heterocycles. The number of carboxylic acid groups (broad SMARTS) is 1. The maximum Gasteiger partial charge on any atom is 0.320 e. The van der Waals surface area contributed by atoms with Crippen molar-refractivity contribution in [2.75, 3.05) is 7.11 Å². The quantitative estimate of drug-likeness (QED) is 0.852. The fourth-order valence-electron chi connectivity index (χ4n) is 1.74. The lowest BCUT2D eigenvalue weighted by Gasteiger charge is -2.03. The summed E-state index contributed by atoms with van der Waals surface area (Å²) in [5.41, 5.74) is 7.33. The van der Waals surface area contributed by atoms with Gasteiger partial charge < -0.3 is 15.6 Å². The average Bonchev–Trinajstić information content (AvgIpc) is 2.93. The molecule has 1 unspecified atom stereocenters. The summed E-state index contributed by atoms with van der Waals surface area (Å²) in [4.78, 5) is 15.2. The zero-order valence-corrected chi connectivity index (χ0v) is 11.9. The monoisotopic (exact) mass is 292 g/mol. The van der Waals surface area contributed by atoms with Gasteiger partial charge in [-0.25, -0.2) is 4.98 Å². The lowest BCUT2D eigenvalue weighted by molar-refractivity contribution is -0.138. The molecule has 0 spiro atoms. The summed E-state index contributed by atoms with van der Waals surface area (Å²) < 4.78 is 5.18. The number of hydrogen-bond acceptors (Lipinski definition) is 5. The molecule has 1 atom stereocenters. The van der Waals surface area contributed by atoms with Gasteiger partial charge in [0.2, 0.25) is 0 Å². The number of nitrogens with two attached hydrogens (primary N) is 1. The normalized spacial score (nSPS) is 12.1. The molecule has 1 heterocycles. The van der Waals surface area contributed by atoms with Gasteiger partial charge >= 0.3 is 5.97 Å². The van der Waals surface area contributed by atoms with Crippen LogP contribution < -0.4 is 10.5 Å². The third-order valence-electron chi connectivity index (χ3n) is 2.90. The Labute approximate surface area is 121 Å². The number of ether oxygens (including phenoxy) is 1. The van der Waals surface area contributed by atoms with Crippen LogP contribution in [-0.2, 0) is 11.2 Å². The highest BCUT2D eigenvalue weighted by Gasteiger charge is 2.13. The third kappa shape index (κ3) is 3.55. The van der Waals surface area contributed by atoms with Crippen LogP contribution in [-0.4, -0.2) is 29.2 Å². The molecule has 5 nitrogen and oxygen atoms in total. The molecular weight excluding hydrogens is 276 g/mol. The lowest BCUT2D eigenvalue weighted by atomic mass is 10.1. The summed E-state index contributed by atoms with van der Waals surface area (Å²) in [5.74, 6) is -0.195. The van der Waals surface area contributed by atoms with Gasteiger partial charge in [0.05, 0.1) is 17.8 Å². The molecule has 0 fully saturated rings. The smallest absolute Gasteiger partial charge is 0.320 e. The molecule has 20 heavy (non-hydrogen) atoms. The molecule has 2 aromatic rings. The summed E-state index contributed by atoms with van der Waals surface area (Å²) in [6, 6.07) is 6.83. The highest BCUT2D eigenvalue weighted by atomic mass is 32.1. The van der Waals surface area contributed by atoms with Crippen molar-refractivity contribution >= 4 is 17.3 Å². The van der Waals surface area contributed by atoms with Gasteiger partial charge in [-0.2, -0.15) is 0 Å². The number of thiazole rings is 1. The number of benzene rings is 1. The SMILES string of the molecule is COc1cccc(-c2csc(CCC(N)C(=O)O)n2)c1. The summed E-state index contributed by atoms with van der Waals surface area (Å²) >= 11 is 1.51. The molecule has 106 valence electrons. The fourth-order valence-corrected chi connectivity index (χ4v) is 2.57.